The Balaban J connectivity index is 2.08. The van der Waals surface area contributed by atoms with Crippen LogP contribution in [0, 0.1) is 11.3 Å². The number of fused-ring (bicyclic) bond motifs is 1. The third kappa shape index (κ3) is 3.09. The topological polar surface area (TPSA) is 87.9 Å². The molecule has 23 heavy (non-hydrogen) atoms. The van der Waals surface area contributed by atoms with E-state index in [1.54, 1.807) is 0 Å². The number of carbonyl (C=O) groups is 1. The fraction of sp³-hybridized carbons (Fsp3) is 0.412. The zero-order chi connectivity index (χ0) is 16.2. The summed E-state index contributed by atoms with van der Waals surface area (Å²) in [4.78, 5) is 21.0. The lowest BCUT2D eigenvalue weighted by Gasteiger charge is -2.17. The van der Waals surface area contributed by atoms with Crippen molar-refractivity contribution in [3.63, 3.8) is 0 Å². The molecule has 1 aliphatic carbocycles. The van der Waals surface area contributed by atoms with Gasteiger partial charge >= 0.3 is 5.97 Å². The number of hydrogen-bond donors (Lipinski definition) is 1. The molecule has 0 amide bonds. The minimum Gasteiger partial charge on any atom is -0.468 e. The Kier molecular flexibility index (Phi) is 4.38. The SMILES string of the molecule is COC(=O)C(C#N)c1nc2ccccc2nc1NC1CCCC1. The van der Waals surface area contributed by atoms with Gasteiger partial charge in [-0.15, -0.1) is 0 Å². The fourth-order valence-electron chi connectivity index (χ4n) is 2.93. The maximum Gasteiger partial charge on any atom is 0.329 e. The van der Waals surface area contributed by atoms with E-state index in [1.165, 1.54) is 20.0 Å². The van der Waals surface area contributed by atoms with Crippen LogP contribution in [-0.4, -0.2) is 29.1 Å². The average molecular weight is 310 g/mol. The average Bonchev–Trinajstić information content (AvgIpc) is 3.08. The van der Waals surface area contributed by atoms with E-state index >= 15 is 0 Å². The molecule has 1 N–H and O–H groups in total. The number of benzene rings is 1. The van der Waals surface area contributed by atoms with Crippen molar-refractivity contribution < 1.29 is 9.53 Å². The molecule has 0 bridgehead atoms. The lowest BCUT2D eigenvalue weighted by Crippen LogP contribution is -2.21. The number of nitriles is 1. The number of carbonyl (C=O) groups excluding carboxylic acids is 1. The van der Waals surface area contributed by atoms with Gasteiger partial charge in [-0.1, -0.05) is 25.0 Å². The summed E-state index contributed by atoms with van der Waals surface area (Å²) in [6.07, 6.45) is 4.46. The van der Waals surface area contributed by atoms with Gasteiger partial charge in [-0.3, -0.25) is 4.79 Å². The maximum atomic E-state index is 11.9. The maximum absolute atomic E-state index is 11.9. The van der Waals surface area contributed by atoms with Crippen LogP contribution in [0.1, 0.15) is 37.3 Å². The third-order valence-corrected chi connectivity index (χ3v) is 4.13. The van der Waals surface area contributed by atoms with Crippen LogP contribution in [0.2, 0.25) is 0 Å². The molecule has 1 aromatic heterocycles. The Morgan fingerprint density at radius 3 is 2.57 bits per heavy atom. The van der Waals surface area contributed by atoms with Gasteiger partial charge in [0.2, 0.25) is 0 Å². The molecular weight excluding hydrogens is 292 g/mol. The van der Waals surface area contributed by atoms with Crippen LogP contribution in [-0.2, 0) is 9.53 Å². The van der Waals surface area contributed by atoms with Crippen molar-refractivity contribution in [3.05, 3.63) is 30.0 Å². The smallest absolute Gasteiger partial charge is 0.329 e. The lowest BCUT2D eigenvalue weighted by molar-refractivity contribution is -0.141. The number of rotatable bonds is 4. The molecule has 6 heteroatoms. The van der Waals surface area contributed by atoms with Gasteiger partial charge in [0.1, 0.15) is 5.69 Å². The Bertz CT molecular complexity index is 763. The number of aromatic nitrogens is 2. The molecule has 1 unspecified atom stereocenters. The molecule has 1 heterocycles. The number of nitrogens with one attached hydrogen (secondary N) is 1. The number of esters is 1. The number of anilines is 1. The largest absolute Gasteiger partial charge is 0.468 e. The van der Waals surface area contributed by atoms with Crippen molar-refractivity contribution in [1.29, 1.82) is 5.26 Å². The van der Waals surface area contributed by atoms with Crippen LogP contribution in [0.5, 0.6) is 0 Å². The van der Waals surface area contributed by atoms with E-state index in [1.807, 2.05) is 30.3 Å². The summed E-state index contributed by atoms with van der Waals surface area (Å²) in [6.45, 7) is 0. The molecule has 6 nitrogen and oxygen atoms in total. The molecule has 0 aliphatic heterocycles. The predicted molar refractivity (Wildman–Crippen MR) is 85.8 cm³/mol. The Morgan fingerprint density at radius 2 is 1.96 bits per heavy atom. The van der Waals surface area contributed by atoms with Gasteiger partial charge in [0.15, 0.2) is 11.7 Å². The monoisotopic (exact) mass is 310 g/mol. The van der Waals surface area contributed by atoms with E-state index in [0.29, 0.717) is 23.1 Å². The summed E-state index contributed by atoms with van der Waals surface area (Å²) in [5.41, 5.74) is 1.73. The Hall–Kier alpha value is -2.68. The van der Waals surface area contributed by atoms with Crippen molar-refractivity contribution in [2.45, 2.75) is 37.6 Å². The van der Waals surface area contributed by atoms with Gasteiger partial charge in [0, 0.05) is 6.04 Å². The first-order valence-corrected chi connectivity index (χ1v) is 7.73. The number of nitrogens with zero attached hydrogens (tertiary/aromatic N) is 3. The molecule has 1 aliphatic rings. The van der Waals surface area contributed by atoms with Crippen LogP contribution in [0.3, 0.4) is 0 Å². The van der Waals surface area contributed by atoms with Crippen LogP contribution in [0.4, 0.5) is 5.82 Å². The summed E-state index contributed by atoms with van der Waals surface area (Å²) in [7, 11) is 1.27. The van der Waals surface area contributed by atoms with Gasteiger partial charge in [0.05, 0.1) is 24.2 Å². The zero-order valence-corrected chi connectivity index (χ0v) is 13.0. The highest BCUT2D eigenvalue weighted by Gasteiger charge is 2.28. The van der Waals surface area contributed by atoms with Crippen LogP contribution >= 0.6 is 0 Å². The molecule has 1 atom stereocenters. The van der Waals surface area contributed by atoms with Gasteiger partial charge < -0.3 is 10.1 Å². The Morgan fingerprint density at radius 1 is 1.30 bits per heavy atom. The minimum atomic E-state index is -1.08. The molecule has 1 fully saturated rings. The molecule has 2 aromatic rings. The number of hydrogen-bond acceptors (Lipinski definition) is 6. The van der Waals surface area contributed by atoms with Gasteiger partial charge in [-0.25, -0.2) is 9.97 Å². The molecule has 0 spiro atoms. The second-order valence-corrected chi connectivity index (χ2v) is 5.66. The van der Waals surface area contributed by atoms with Crippen LogP contribution in [0.25, 0.3) is 11.0 Å². The quantitative estimate of drug-likeness (QED) is 0.874. The third-order valence-electron chi connectivity index (χ3n) is 4.13. The number of para-hydroxylation sites is 2. The summed E-state index contributed by atoms with van der Waals surface area (Å²) in [5.74, 6) is -1.19. The van der Waals surface area contributed by atoms with E-state index in [-0.39, 0.29) is 0 Å². The van der Waals surface area contributed by atoms with Crippen molar-refractivity contribution >= 4 is 22.8 Å². The number of ether oxygens (including phenoxy) is 1. The van der Waals surface area contributed by atoms with Gasteiger partial charge in [-0.2, -0.15) is 5.26 Å². The normalized spacial score (nSPS) is 16.0. The molecule has 118 valence electrons. The highest BCUT2D eigenvalue weighted by atomic mass is 16.5. The second kappa shape index (κ2) is 6.61. The number of methoxy groups -OCH3 is 1. The van der Waals surface area contributed by atoms with Gasteiger partial charge in [0.25, 0.3) is 0 Å². The summed E-state index contributed by atoms with van der Waals surface area (Å²) < 4.78 is 4.74. The first-order chi connectivity index (χ1) is 11.2. The van der Waals surface area contributed by atoms with Crippen LogP contribution < -0.4 is 5.32 Å². The van der Waals surface area contributed by atoms with Crippen molar-refractivity contribution in [1.82, 2.24) is 9.97 Å². The second-order valence-electron chi connectivity index (χ2n) is 5.66. The van der Waals surface area contributed by atoms with E-state index in [0.717, 1.165) is 18.4 Å². The molecule has 1 saturated carbocycles. The summed E-state index contributed by atoms with van der Waals surface area (Å²) in [6, 6.07) is 9.71. The molecule has 0 saturated heterocycles. The van der Waals surface area contributed by atoms with E-state index in [2.05, 4.69) is 15.3 Å². The standard InChI is InChI=1S/C17H18N4O2/c1-23-17(22)12(10-18)15-16(19-11-6-2-3-7-11)21-14-9-5-4-8-13(14)20-15/h4-5,8-9,11-12H,2-3,6-7H2,1H3,(H,19,21). The predicted octanol–water partition coefficient (Wildman–Crippen LogP) is 2.76. The van der Waals surface area contributed by atoms with E-state index in [4.69, 9.17) is 4.74 Å². The van der Waals surface area contributed by atoms with Crippen molar-refractivity contribution in [2.75, 3.05) is 12.4 Å². The molecular formula is C17H18N4O2. The minimum absolute atomic E-state index is 0.307. The van der Waals surface area contributed by atoms with E-state index in [9.17, 15) is 10.1 Å². The summed E-state index contributed by atoms with van der Waals surface area (Å²) in [5, 5.41) is 12.8. The van der Waals surface area contributed by atoms with Crippen molar-refractivity contribution in [3.8, 4) is 6.07 Å². The zero-order valence-electron chi connectivity index (χ0n) is 13.0. The van der Waals surface area contributed by atoms with Gasteiger partial charge in [-0.05, 0) is 25.0 Å². The summed E-state index contributed by atoms with van der Waals surface area (Å²) >= 11 is 0. The highest BCUT2D eigenvalue weighted by molar-refractivity contribution is 5.84. The lowest BCUT2D eigenvalue weighted by atomic mass is 10.1. The first-order valence-electron chi connectivity index (χ1n) is 7.73. The first kappa shape index (κ1) is 15.2. The van der Waals surface area contributed by atoms with Crippen LogP contribution in [0.15, 0.2) is 24.3 Å². The fourth-order valence-corrected chi connectivity index (χ4v) is 2.93. The molecule has 3 rings (SSSR count). The van der Waals surface area contributed by atoms with Crippen molar-refractivity contribution in [2.24, 2.45) is 0 Å². The Labute approximate surface area is 134 Å². The van der Waals surface area contributed by atoms with E-state index < -0.39 is 11.9 Å². The molecule has 0 radical (unpaired) electrons. The highest BCUT2D eigenvalue weighted by Crippen LogP contribution is 2.28. The molecule has 1 aromatic carbocycles.